The SMILES string of the molecule is C=CCC(C=CC)Cn1cc(C(=C)C)nn1. The first-order valence-electron chi connectivity index (χ1n) is 5.47. The molecule has 0 aromatic carbocycles. The Labute approximate surface area is 97.2 Å². The van der Waals surface area contributed by atoms with Gasteiger partial charge in [-0.3, -0.25) is 4.68 Å². The van der Waals surface area contributed by atoms with Crippen molar-refractivity contribution in [2.24, 2.45) is 5.92 Å². The molecule has 0 N–H and O–H groups in total. The molecule has 16 heavy (non-hydrogen) atoms. The summed E-state index contributed by atoms with van der Waals surface area (Å²) in [7, 11) is 0. The van der Waals surface area contributed by atoms with Gasteiger partial charge in [-0.15, -0.1) is 11.7 Å². The number of rotatable bonds is 6. The molecule has 0 aliphatic heterocycles. The van der Waals surface area contributed by atoms with Gasteiger partial charge in [-0.2, -0.15) is 0 Å². The molecule has 1 heterocycles. The lowest BCUT2D eigenvalue weighted by Crippen LogP contribution is -2.08. The van der Waals surface area contributed by atoms with E-state index in [1.807, 2.05) is 30.8 Å². The number of hydrogen-bond donors (Lipinski definition) is 0. The highest BCUT2D eigenvalue weighted by atomic mass is 15.4. The van der Waals surface area contributed by atoms with E-state index in [1.165, 1.54) is 0 Å². The number of nitrogens with zero attached hydrogens (tertiary/aromatic N) is 3. The van der Waals surface area contributed by atoms with Crippen LogP contribution in [0.25, 0.3) is 5.57 Å². The summed E-state index contributed by atoms with van der Waals surface area (Å²) in [5.74, 6) is 0.433. The molecule has 0 saturated carbocycles. The minimum absolute atomic E-state index is 0.433. The molecule has 0 radical (unpaired) electrons. The van der Waals surface area contributed by atoms with Crippen LogP contribution in [0.1, 0.15) is 26.0 Å². The van der Waals surface area contributed by atoms with Gasteiger partial charge in [0, 0.05) is 6.54 Å². The molecule has 86 valence electrons. The summed E-state index contributed by atoms with van der Waals surface area (Å²) >= 11 is 0. The van der Waals surface area contributed by atoms with Crippen LogP contribution in [-0.2, 0) is 6.54 Å². The van der Waals surface area contributed by atoms with E-state index in [0.29, 0.717) is 5.92 Å². The molecule has 1 rings (SSSR count). The normalized spacial score (nSPS) is 12.9. The van der Waals surface area contributed by atoms with Gasteiger partial charge in [-0.25, -0.2) is 0 Å². The molecule has 0 saturated heterocycles. The van der Waals surface area contributed by atoms with E-state index in [9.17, 15) is 0 Å². The van der Waals surface area contributed by atoms with E-state index >= 15 is 0 Å². The summed E-state index contributed by atoms with van der Waals surface area (Å²) in [5, 5.41) is 8.13. The molecule has 1 aromatic heterocycles. The molecule has 1 unspecified atom stereocenters. The van der Waals surface area contributed by atoms with Gasteiger partial charge in [0.2, 0.25) is 0 Å². The van der Waals surface area contributed by atoms with Crippen LogP contribution >= 0.6 is 0 Å². The average molecular weight is 217 g/mol. The Kier molecular flexibility index (Phi) is 4.70. The highest BCUT2D eigenvalue weighted by Gasteiger charge is 2.06. The van der Waals surface area contributed by atoms with Crippen molar-refractivity contribution < 1.29 is 0 Å². The van der Waals surface area contributed by atoms with Gasteiger partial charge in [-0.05, 0) is 31.8 Å². The number of aromatic nitrogens is 3. The molecule has 0 fully saturated rings. The summed E-state index contributed by atoms with van der Waals surface area (Å²) in [6.07, 6.45) is 9.05. The van der Waals surface area contributed by atoms with Gasteiger partial charge in [0.05, 0.1) is 6.20 Å². The molecule has 3 heteroatoms. The zero-order valence-corrected chi connectivity index (χ0v) is 10.1. The van der Waals surface area contributed by atoms with Crippen molar-refractivity contribution in [2.75, 3.05) is 0 Å². The third kappa shape index (κ3) is 3.50. The van der Waals surface area contributed by atoms with Crippen LogP contribution in [0.5, 0.6) is 0 Å². The molecule has 1 atom stereocenters. The molecule has 3 nitrogen and oxygen atoms in total. The van der Waals surface area contributed by atoms with Gasteiger partial charge in [-0.1, -0.05) is 30.0 Å². The number of hydrogen-bond acceptors (Lipinski definition) is 2. The first kappa shape index (κ1) is 12.4. The fraction of sp³-hybridized carbons (Fsp3) is 0.385. The van der Waals surface area contributed by atoms with Crippen LogP contribution < -0.4 is 0 Å². The molecular weight excluding hydrogens is 198 g/mol. The van der Waals surface area contributed by atoms with Crippen LogP contribution in [0.4, 0.5) is 0 Å². The Morgan fingerprint density at radius 2 is 2.38 bits per heavy atom. The van der Waals surface area contributed by atoms with Crippen molar-refractivity contribution in [3.8, 4) is 0 Å². The zero-order valence-electron chi connectivity index (χ0n) is 10.1. The van der Waals surface area contributed by atoms with Gasteiger partial charge in [0.25, 0.3) is 0 Å². The van der Waals surface area contributed by atoms with Crippen molar-refractivity contribution in [1.29, 1.82) is 0 Å². The van der Waals surface area contributed by atoms with Crippen molar-refractivity contribution >= 4 is 5.57 Å². The summed E-state index contributed by atoms with van der Waals surface area (Å²) in [6.45, 7) is 12.4. The van der Waals surface area contributed by atoms with Crippen LogP contribution in [-0.4, -0.2) is 15.0 Å². The third-order valence-corrected chi connectivity index (χ3v) is 2.33. The third-order valence-electron chi connectivity index (χ3n) is 2.33. The highest BCUT2D eigenvalue weighted by Crippen LogP contribution is 2.11. The quantitative estimate of drug-likeness (QED) is 0.685. The lowest BCUT2D eigenvalue weighted by Gasteiger charge is -2.09. The van der Waals surface area contributed by atoms with Crippen molar-refractivity contribution in [3.63, 3.8) is 0 Å². The van der Waals surface area contributed by atoms with E-state index in [2.05, 4.69) is 35.6 Å². The lowest BCUT2D eigenvalue weighted by atomic mass is 10.1. The molecule has 0 amide bonds. The second-order valence-corrected chi connectivity index (χ2v) is 3.92. The summed E-state index contributed by atoms with van der Waals surface area (Å²) in [5.41, 5.74) is 1.80. The van der Waals surface area contributed by atoms with Gasteiger partial charge in [0.15, 0.2) is 0 Å². The standard InChI is InChI=1S/C13H19N3/c1-5-7-12(8-6-2)9-16-10-13(11(3)4)14-15-16/h5-6,8,10,12H,1,3,7,9H2,2,4H3. The van der Waals surface area contributed by atoms with Gasteiger partial charge in [0.1, 0.15) is 5.69 Å². The Morgan fingerprint density at radius 1 is 1.62 bits per heavy atom. The fourth-order valence-corrected chi connectivity index (χ4v) is 1.52. The first-order chi connectivity index (χ1) is 7.67. The van der Waals surface area contributed by atoms with Crippen LogP contribution in [0.3, 0.4) is 0 Å². The monoisotopic (exact) mass is 217 g/mol. The van der Waals surface area contributed by atoms with Crippen LogP contribution in [0.2, 0.25) is 0 Å². The lowest BCUT2D eigenvalue weighted by molar-refractivity contribution is 0.481. The molecule has 0 aliphatic carbocycles. The summed E-state index contributed by atoms with van der Waals surface area (Å²) < 4.78 is 1.86. The first-order valence-corrected chi connectivity index (χ1v) is 5.47. The Morgan fingerprint density at radius 3 is 2.88 bits per heavy atom. The Bertz CT molecular complexity index is 388. The maximum absolute atomic E-state index is 4.08. The second-order valence-electron chi connectivity index (χ2n) is 3.92. The van der Waals surface area contributed by atoms with Crippen molar-refractivity contribution in [2.45, 2.75) is 26.8 Å². The van der Waals surface area contributed by atoms with E-state index in [-0.39, 0.29) is 0 Å². The molecule has 0 aliphatic rings. The Balaban J connectivity index is 2.69. The predicted octanol–water partition coefficient (Wildman–Crippen LogP) is 3.08. The average Bonchev–Trinajstić information content (AvgIpc) is 2.67. The molecular formula is C13H19N3. The highest BCUT2D eigenvalue weighted by molar-refractivity contribution is 5.56. The molecule has 0 spiro atoms. The number of allylic oxidation sites excluding steroid dienone is 4. The maximum Gasteiger partial charge on any atom is 0.108 e. The Hall–Kier alpha value is -1.64. The summed E-state index contributed by atoms with van der Waals surface area (Å²) in [4.78, 5) is 0. The fourth-order valence-electron chi connectivity index (χ4n) is 1.52. The minimum atomic E-state index is 0.433. The topological polar surface area (TPSA) is 30.7 Å². The van der Waals surface area contributed by atoms with E-state index in [0.717, 1.165) is 24.2 Å². The van der Waals surface area contributed by atoms with Crippen LogP contribution in [0, 0.1) is 5.92 Å². The predicted molar refractivity (Wildman–Crippen MR) is 67.8 cm³/mol. The van der Waals surface area contributed by atoms with Crippen molar-refractivity contribution in [3.05, 3.63) is 43.3 Å². The largest absolute Gasteiger partial charge is 0.251 e. The van der Waals surface area contributed by atoms with E-state index < -0.39 is 0 Å². The van der Waals surface area contributed by atoms with Gasteiger partial charge >= 0.3 is 0 Å². The smallest absolute Gasteiger partial charge is 0.108 e. The van der Waals surface area contributed by atoms with Crippen molar-refractivity contribution in [1.82, 2.24) is 15.0 Å². The van der Waals surface area contributed by atoms with E-state index in [4.69, 9.17) is 0 Å². The van der Waals surface area contributed by atoms with Gasteiger partial charge < -0.3 is 0 Å². The van der Waals surface area contributed by atoms with E-state index in [1.54, 1.807) is 0 Å². The zero-order chi connectivity index (χ0) is 12.0. The molecule has 1 aromatic rings. The minimum Gasteiger partial charge on any atom is -0.251 e. The second kappa shape index (κ2) is 6.05. The summed E-state index contributed by atoms with van der Waals surface area (Å²) in [6, 6.07) is 0. The molecule has 0 bridgehead atoms. The van der Waals surface area contributed by atoms with Crippen LogP contribution in [0.15, 0.2) is 37.6 Å². The maximum atomic E-state index is 4.08.